The average molecular weight is 314 g/mol. The topological polar surface area (TPSA) is 118 Å². The van der Waals surface area contributed by atoms with Crippen LogP contribution >= 0.6 is 0 Å². The predicted molar refractivity (Wildman–Crippen MR) is 70.9 cm³/mol. The molecule has 0 aliphatic rings. The maximum atomic E-state index is 8.80. The fourth-order valence-electron chi connectivity index (χ4n) is 1.19. The molecule has 0 spiro atoms. The zero-order valence-electron chi connectivity index (χ0n) is 12.4. The van der Waals surface area contributed by atoms with Crippen LogP contribution in [0.4, 0.5) is 0 Å². The highest BCUT2D eigenvalue weighted by Crippen LogP contribution is 2.15. The van der Waals surface area contributed by atoms with Crippen molar-refractivity contribution in [3.05, 3.63) is 0 Å². The van der Waals surface area contributed by atoms with E-state index in [0.29, 0.717) is 25.7 Å². The third kappa shape index (κ3) is 10.9. The molecule has 0 rings (SSSR count). The van der Waals surface area contributed by atoms with E-state index < -0.39 is 5.14 Å². The lowest BCUT2D eigenvalue weighted by molar-refractivity contribution is -1.47. The second-order valence-electron chi connectivity index (χ2n) is 4.09. The largest absolute Gasteiger partial charge is 0.396 e. The molecule has 0 saturated heterocycles. The monoisotopic (exact) mass is 314 g/mol. The van der Waals surface area contributed by atoms with Gasteiger partial charge in [0, 0.05) is 52.1 Å². The van der Waals surface area contributed by atoms with E-state index in [1.165, 1.54) is 0 Å². The second kappa shape index (κ2) is 14.6. The van der Waals surface area contributed by atoms with Crippen molar-refractivity contribution in [3.8, 4) is 0 Å². The molecule has 128 valence electrons. The minimum atomic E-state index is -1.00. The van der Waals surface area contributed by atoms with Crippen LogP contribution < -0.4 is 0 Å². The van der Waals surface area contributed by atoms with E-state index in [4.69, 9.17) is 39.8 Å². The minimum Gasteiger partial charge on any atom is -0.396 e. The number of hydrogen-bond donors (Lipinski definition) is 4. The van der Waals surface area contributed by atoms with Gasteiger partial charge in [-0.05, 0) is 0 Å². The number of nitrogens with zero attached hydrogens (tertiary/aromatic N) is 1. The number of rotatable bonds is 16. The summed E-state index contributed by atoms with van der Waals surface area (Å²) < 4.78 is 0. The molecule has 0 amide bonds. The van der Waals surface area contributed by atoms with Gasteiger partial charge in [-0.2, -0.15) is 0 Å². The lowest BCUT2D eigenvalue weighted by Gasteiger charge is -2.25. The molecule has 0 fully saturated rings. The highest BCUT2D eigenvalue weighted by atomic mass is 17.4. The molecule has 0 aliphatic heterocycles. The van der Waals surface area contributed by atoms with Crippen molar-refractivity contribution in [1.29, 1.82) is 0 Å². The van der Waals surface area contributed by atoms with E-state index in [2.05, 4.69) is 0 Å². The van der Waals surface area contributed by atoms with E-state index in [-0.39, 0.29) is 52.9 Å². The molecule has 0 bridgehead atoms. The van der Waals surface area contributed by atoms with Crippen LogP contribution in [0.5, 0.6) is 0 Å². The molecule has 9 nitrogen and oxygen atoms in total. The molecule has 0 saturated carbocycles. The van der Waals surface area contributed by atoms with E-state index in [0.717, 1.165) is 0 Å². The van der Waals surface area contributed by atoms with Crippen LogP contribution in [0.2, 0.25) is 0 Å². The van der Waals surface area contributed by atoms with Crippen molar-refractivity contribution in [2.45, 2.75) is 25.7 Å². The Morgan fingerprint density at radius 1 is 0.476 bits per heavy atom. The summed E-state index contributed by atoms with van der Waals surface area (Å²) in [6.07, 6.45) is 1.48. The fourth-order valence-corrected chi connectivity index (χ4v) is 1.19. The molecule has 4 N–H and O–H groups in total. The molecule has 0 aliphatic carbocycles. The zero-order chi connectivity index (χ0) is 15.8. The maximum absolute atomic E-state index is 8.80. The van der Waals surface area contributed by atoms with Gasteiger partial charge in [-0.3, -0.25) is 0 Å². The number of aliphatic hydroxyl groups excluding tert-OH is 4. The van der Waals surface area contributed by atoms with Gasteiger partial charge in [-0.1, -0.05) is 19.4 Å². The van der Waals surface area contributed by atoms with Crippen LogP contribution in [-0.4, -0.2) is 78.4 Å². The Bertz CT molecular complexity index is 174. The van der Waals surface area contributed by atoms with Gasteiger partial charge in [0.05, 0.1) is 0 Å². The van der Waals surface area contributed by atoms with Crippen molar-refractivity contribution in [2.75, 3.05) is 52.9 Å². The Morgan fingerprint density at radius 3 is 0.905 bits per heavy atom. The number of aliphatic hydroxyl groups is 4. The van der Waals surface area contributed by atoms with E-state index in [9.17, 15) is 0 Å². The first kappa shape index (κ1) is 20.6. The van der Waals surface area contributed by atoms with Crippen molar-refractivity contribution in [1.82, 2.24) is 0 Å². The number of hydrogen-bond acceptors (Lipinski definition) is 8. The summed E-state index contributed by atoms with van der Waals surface area (Å²) in [5, 5.41) is 34.2. The molecule has 0 heterocycles. The quantitative estimate of drug-likeness (QED) is 0.164. The smallest absolute Gasteiger partial charge is 0.247 e. The highest BCUT2D eigenvalue weighted by Gasteiger charge is 2.38. The SMILES string of the molecule is OCCCO[N+](OCCCO)(OCCCO)OCCCO. The molecule has 0 unspecified atom stereocenters. The lowest BCUT2D eigenvalue weighted by atomic mass is 10.5. The van der Waals surface area contributed by atoms with Crippen LogP contribution in [-0.2, 0) is 19.4 Å². The van der Waals surface area contributed by atoms with Crippen molar-refractivity contribution in [3.63, 3.8) is 0 Å². The molecule has 0 radical (unpaired) electrons. The summed E-state index contributed by atoms with van der Waals surface area (Å²) in [5.41, 5.74) is 0. The van der Waals surface area contributed by atoms with E-state index >= 15 is 0 Å². The summed E-state index contributed by atoms with van der Waals surface area (Å²) in [6.45, 7) is 0.325. The Hall–Kier alpha value is -0.360. The standard InChI is InChI=1S/C12H28NO8/c14-5-1-9-18-13(19-10-2-6-15,20-11-3-7-16)21-12-4-8-17/h14-17H,1-12H2/q+1. The summed E-state index contributed by atoms with van der Waals surface area (Å²) in [7, 11) is 0. The average Bonchev–Trinajstić information content (AvgIpc) is 2.48. The lowest BCUT2D eigenvalue weighted by Crippen LogP contribution is -2.49. The fraction of sp³-hybridized carbons (Fsp3) is 1.00. The van der Waals surface area contributed by atoms with E-state index in [1.54, 1.807) is 0 Å². The highest BCUT2D eigenvalue weighted by molar-refractivity contribution is 4.28. The minimum absolute atomic E-state index is 0.0517. The molecule has 0 atom stereocenters. The predicted octanol–water partition coefficient (Wildman–Crippen LogP) is -0.941. The first-order valence-electron chi connectivity index (χ1n) is 7.15. The molecule has 0 aromatic carbocycles. The first-order chi connectivity index (χ1) is 10.2. The van der Waals surface area contributed by atoms with Gasteiger partial charge in [0.15, 0.2) is 0 Å². The molecular weight excluding hydrogens is 286 g/mol. The Labute approximate surface area is 124 Å². The van der Waals surface area contributed by atoms with Crippen molar-refractivity contribution < 1.29 is 44.9 Å². The van der Waals surface area contributed by atoms with Gasteiger partial charge in [-0.15, -0.1) is 0 Å². The first-order valence-corrected chi connectivity index (χ1v) is 7.15. The Morgan fingerprint density at radius 2 is 0.714 bits per heavy atom. The van der Waals surface area contributed by atoms with Gasteiger partial charge in [0.2, 0.25) is 5.14 Å². The van der Waals surface area contributed by atoms with Crippen molar-refractivity contribution in [2.24, 2.45) is 0 Å². The van der Waals surface area contributed by atoms with Gasteiger partial charge in [-0.25, -0.2) is 0 Å². The third-order valence-corrected chi connectivity index (χ3v) is 2.21. The summed E-state index contributed by atoms with van der Waals surface area (Å²) in [4.78, 5) is 21.5. The van der Waals surface area contributed by atoms with E-state index in [1.807, 2.05) is 0 Å². The van der Waals surface area contributed by atoms with Crippen molar-refractivity contribution >= 4 is 0 Å². The molecule has 0 aromatic heterocycles. The van der Waals surface area contributed by atoms with Gasteiger partial charge < -0.3 is 20.4 Å². The second-order valence-corrected chi connectivity index (χ2v) is 4.09. The van der Waals surface area contributed by atoms with Crippen LogP contribution in [0.25, 0.3) is 0 Å². The normalized spacial score (nSPS) is 12.0. The van der Waals surface area contributed by atoms with Crippen LogP contribution in [0, 0.1) is 0 Å². The Balaban J connectivity index is 4.52. The zero-order valence-corrected chi connectivity index (χ0v) is 12.4. The summed E-state index contributed by atoms with van der Waals surface area (Å²) >= 11 is 0. The van der Waals surface area contributed by atoms with Crippen LogP contribution in [0.1, 0.15) is 25.7 Å². The molecular formula is C12H28NO8+. The molecule has 21 heavy (non-hydrogen) atoms. The van der Waals surface area contributed by atoms with Gasteiger partial charge >= 0.3 is 0 Å². The van der Waals surface area contributed by atoms with Crippen LogP contribution in [0.15, 0.2) is 0 Å². The summed E-state index contributed by atoms with van der Waals surface area (Å²) in [5.74, 6) is 0. The summed E-state index contributed by atoms with van der Waals surface area (Å²) in [6, 6.07) is 0. The van der Waals surface area contributed by atoms with Gasteiger partial charge in [0.25, 0.3) is 0 Å². The van der Waals surface area contributed by atoms with Gasteiger partial charge in [0.1, 0.15) is 26.4 Å². The van der Waals surface area contributed by atoms with Crippen LogP contribution in [0.3, 0.4) is 0 Å². The Kier molecular flexibility index (Phi) is 14.3. The number of quaternary nitrogens is 1. The molecule has 0 aromatic rings. The molecule has 9 heteroatoms. The third-order valence-electron chi connectivity index (χ3n) is 2.21. The maximum Gasteiger partial charge on any atom is 0.247 e.